The lowest BCUT2D eigenvalue weighted by Crippen LogP contribution is -2.15. The molecular formula is C23H24ClN5OS3. The maximum absolute atomic E-state index is 12.6. The molecule has 0 aliphatic carbocycles. The Hall–Kier alpha value is -2.20. The van der Waals surface area contributed by atoms with Crippen LogP contribution >= 0.6 is 46.0 Å². The number of thiophene rings is 1. The number of carbonyl (C=O) groups is 1. The molecule has 6 nitrogen and oxygen atoms in total. The number of aryl methyl sites for hydroxylation is 1. The molecule has 0 atom stereocenters. The predicted molar refractivity (Wildman–Crippen MR) is 140 cm³/mol. The summed E-state index contributed by atoms with van der Waals surface area (Å²) in [5.74, 6) is 0.947. The zero-order chi connectivity index (χ0) is 23.4. The number of thioether (sulfide) groups is 1. The average molecular weight is 518 g/mol. The molecule has 0 fully saturated rings. The first-order chi connectivity index (χ1) is 15.9. The van der Waals surface area contributed by atoms with Crippen LogP contribution in [0.5, 0.6) is 0 Å². The Labute approximate surface area is 210 Å². The number of halogens is 1. The number of aromatic nitrogens is 4. The summed E-state index contributed by atoms with van der Waals surface area (Å²) in [5.41, 5.74) is 2.85. The quantitative estimate of drug-likeness (QED) is 0.241. The van der Waals surface area contributed by atoms with Gasteiger partial charge in [-0.2, -0.15) is 0 Å². The van der Waals surface area contributed by atoms with E-state index < -0.39 is 0 Å². The third-order valence-electron chi connectivity index (χ3n) is 4.81. The minimum Gasteiger partial charge on any atom is -0.301 e. The van der Waals surface area contributed by atoms with Crippen molar-refractivity contribution in [2.75, 3.05) is 11.1 Å². The molecule has 10 heteroatoms. The lowest BCUT2D eigenvalue weighted by atomic mass is 10.2. The molecule has 4 aromatic rings. The second kappa shape index (κ2) is 10.8. The molecule has 0 radical (unpaired) electrons. The fraction of sp³-hybridized carbons (Fsp3) is 0.304. The van der Waals surface area contributed by atoms with Gasteiger partial charge in [0.05, 0.1) is 11.4 Å². The standard InChI is InChI=1S/C23H24ClN5OS3/c1-4-5-18-10-16(11-31-18)21-27-28-23(29(21)14(2)3)33-13-20(30)26-22-25-19(12-32-22)15-6-8-17(24)9-7-15/h6-12,14H,4-5,13H2,1-3H3,(H,25,26,30). The average Bonchev–Trinajstić information content (AvgIpc) is 3.52. The maximum atomic E-state index is 12.6. The second-order valence-electron chi connectivity index (χ2n) is 7.70. The number of thiazole rings is 1. The highest BCUT2D eigenvalue weighted by molar-refractivity contribution is 7.99. The van der Waals surface area contributed by atoms with E-state index in [4.69, 9.17) is 11.6 Å². The summed E-state index contributed by atoms with van der Waals surface area (Å²) in [5, 5.41) is 17.7. The van der Waals surface area contributed by atoms with Crippen LogP contribution in [-0.2, 0) is 11.2 Å². The van der Waals surface area contributed by atoms with Gasteiger partial charge in [-0.15, -0.1) is 32.9 Å². The molecule has 172 valence electrons. The second-order valence-corrected chi connectivity index (χ2v) is 10.9. The molecule has 1 amide bonds. The third kappa shape index (κ3) is 5.84. The minimum absolute atomic E-state index is 0.127. The van der Waals surface area contributed by atoms with Gasteiger partial charge in [0.25, 0.3) is 0 Å². The Morgan fingerprint density at radius 2 is 1.94 bits per heavy atom. The van der Waals surface area contributed by atoms with E-state index in [0.717, 1.165) is 40.6 Å². The molecule has 0 saturated carbocycles. The zero-order valence-corrected chi connectivity index (χ0v) is 21.7. The van der Waals surface area contributed by atoms with Crippen LogP contribution < -0.4 is 5.32 Å². The van der Waals surface area contributed by atoms with Crippen LogP contribution in [-0.4, -0.2) is 31.4 Å². The summed E-state index contributed by atoms with van der Waals surface area (Å²) >= 11 is 10.5. The Morgan fingerprint density at radius 3 is 2.67 bits per heavy atom. The molecule has 0 spiro atoms. The number of nitrogens with one attached hydrogen (secondary N) is 1. The molecule has 0 aliphatic rings. The van der Waals surface area contributed by atoms with Gasteiger partial charge in [-0.05, 0) is 38.5 Å². The molecule has 0 saturated heterocycles. The van der Waals surface area contributed by atoms with Crippen LogP contribution in [0.2, 0.25) is 5.02 Å². The highest BCUT2D eigenvalue weighted by Crippen LogP contribution is 2.31. The van der Waals surface area contributed by atoms with Crippen molar-refractivity contribution in [2.45, 2.75) is 44.8 Å². The number of amides is 1. The summed E-state index contributed by atoms with van der Waals surface area (Å²) in [6.45, 7) is 6.38. The Morgan fingerprint density at radius 1 is 1.15 bits per heavy atom. The number of benzene rings is 1. The summed E-state index contributed by atoms with van der Waals surface area (Å²) in [4.78, 5) is 18.4. The third-order valence-corrected chi connectivity index (χ3v) is 7.76. The van der Waals surface area contributed by atoms with E-state index in [9.17, 15) is 4.79 Å². The first kappa shape index (κ1) is 23.9. The first-order valence-electron chi connectivity index (χ1n) is 10.6. The number of hydrogen-bond acceptors (Lipinski definition) is 7. The molecule has 0 unspecified atom stereocenters. The van der Waals surface area contributed by atoms with Gasteiger partial charge >= 0.3 is 0 Å². The minimum atomic E-state index is -0.127. The SMILES string of the molecule is CCCc1cc(-c2nnc(SCC(=O)Nc3nc(-c4ccc(Cl)cc4)cs3)n2C(C)C)cs1. The van der Waals surface area contributed by atoms with Crippen molar-refractivity contribution in [3.63, 3.8) is 0 Å². The predicted octanol–water partition coefficient (Wildman–Crippen LogP) is 7.05. The molecule has 4 rings (SSSR count). The molecular weight excluding hydrogens is 494 g/mol. The summed E-state index contributed by atoms with van der Waals surface area (Å²) in [7, 11) is 0. The number of hydrogen-bond donors (Lipinski definition) is 1. The summed E-state index contributed by atoms with van der Waals surface area (Å²) in [6.07, 6.45) is 2.19. The van der Waals surface area contributed by atoms with Crippen molar-refractivity contribution in [2.24, 2.45) is 0 Å². The molecule has 0 aliphatic heterocycles. The van der Waals surface area contributed by atoms with Gasteiger partial charge in [0.15, 0.2) is 16.1 Å². The van der Waals surface area contributed by atoms with E-state index >= 15 is 0 Å². The van der Waals surface area contributed by atoms with E-state index in [1.807, 2.05) is 29.6 Å². The van der Waals surface area contributed by atoms with Crippen molar-refractivity contribution in [1.29, 1.82) is 0 Å². The van der Waals surface area contributed by atoms with Gasteiger partial charge in [-0.25, -0.2) is 4.98 Å². The lowest BCUT2D eigenvalue weighted by Gasteiger charge is -2.13. The smallest absolute Gasteiger partial charge is 0.236 e. The lowest BCUT2D eigenvalue weighted by molar-refractivity contribution is -0.113. The number of carbonyl (C=O) groups excluding carboxylic acids is 1. The van der Waals surface area contributed by atoms with Crippen LogP contribution in [0, 0.1) is 0 Å². The van der Waals surface area contributed by atoms with E-state index in [-0.39, 0.29) is 17.7 Å². The monoisotopic (exact) mass is 517 g/mol. The van der Waals surface area contributed by atoms with Crippen LogP contribution in [0.3, 0.4) is 0 Å². The van der Waals surface area contributed by atoms with Gasteiger partial charge in [0.2, 0.25) is 5.91 Å². The molecule has 3 aromatic heterocycles. The Kier molecular flexibility index (Phi) is 7.85. The van der Waals surface area contributed by atoms with Crippen LogP contribution in [0.15, 0.2) is 46.2 Å². The highest BCUT2D eigenvalue weighted by Gasteiger charge is 2.19. The Balaban J connectivity index is 1.41. The normalized spacial score (nSPS) is 11.3. The zero-order valence-electron chi connectivity index (χ0n) is 18.5. The number of anilines is 1. The largest absolute Gasteiger partial charge is 0.301 e. The van der Waals surface area contributed by atoms with Crippen LogP contribution in [0.25, 0.3) is 22.6 Å². The van der Waals surface area contributed by atoms with E-state index in [1.54, 1.807) is 11.3 Å². The number of rotatable bonds is 9. The van der Waals surface area contributed by atoms with E-state index in [2.05, 4.69) is 57.3 Å². The van der Waals surface area contributed by atoms with Crippen molar-refractivity contribution in [3.8, 4) is 22.6 Å². The molecule has 3 heterocycles. The topological polar surface area (TPSA) is 72.7 Å². The van der Waals surface area contributed by atoms with Gasteiger partial charge < -0.3 is 5.32 Å². The van der Waals surface area contributed by atoms with Crippen LogP contribution in [0.1, 0.15) is 38.1 Å². The van der Waals surface area contributed by atoms with Crippen molar-refractivity contribution >= 4 is 57.1 Å². The summed E-state index contributed by atoms with van der Waals surface area (Å²) in [6, 6.07) is 9.84. The molecule has 1 aromatic carbocycles. The molecule has 0 bridgehead atoms. The van der Waals surface area contributed by atoms with Crippen molar-refractivity contribution in [3.05, 3.63) is 51.0 Å². The van der Waals surface area contributed by atoms with E-state index in [1.165, 1.54) is 28.0 Å². The Bertz CT molecular complexity index is 1230. The molecule has 33 heavy (non-hydrogen) atoms. The van der Waals surface area contributed by atoms with E-state index in [0.29, 0.717) is 10.2 Å². The van der Waals surface area contributed by atoms with Crippen molar-refractivity contribution < 1.29 is 4.79 Å². The molecule has 1 N–H and O–H groups in total. The van der Waals surface area contributed by atoms with Crippen LogP contribution in [0.4, 0.5) is 5.13 Å². The first-order valence-corrected chi connectivity index (χ1v) is 13.7. The summed E-state index contributed by atoms with van der Waals surface area (Å²) < 4.78 is 2.09. The number of nitrogens with zero attached hydrogens (tertiary/aromatic N) is 4. The van der Waals surface area contributed by atoms with Gasteiger partial charge in [0.1, 0.15) is 0 Å². The maximum Gasteiger partial charge on any atom is 0.236 e. The van der Waals surface area contributed by atoms with Gasteiger partial charge in [0, 0.05) is 37.8 Å². The van der Waals surface area contributed by atoms with Crippen molar-refractivity contribution in [1.82, 2.24) is 19.7 Å². The fourth-order valence-electron chi connectivity index (χ4n) is 3.28. The van der Waals surface area contributed by atoms with Gasteiger partial charge in [-0.3, -0.25) is 9.36 Å². The van der Waals surface area contributed by atoms with Gasteiger partial charge in [-0.1, -0.05) is 48.8 Å². The highest BCUT2D eigenvalue weighted by atomic mass is 35.5. The fourth-order valence-corrected chi connectivity index (χ4v) is 5.98.